The maximum Gasteiger partial charge on any atom is 0.201 e. The van der Waals surface area contributed by atoms with E-state index in [2.05, 4.69) is 0 Å². The van der Waals surface area contributed by atoms with Crippen LogP contribution in [0, 0.1) is 46.7 Å². The lowest BCUT2D eigenvalue weighted by atomic mass is 9.69. The summed E-state index contributed by atoms with van der Waals surface area (Å²) >= 11 is 0. The smallest absolute Gasteiger partial charge is 0.201 e. The van der Waals surface area contributed by atoms with E-state index in [1.807, 2.05) is 6.92 Å². The van der Waals surface area contributed by atoms with Crippen molar-refractivity contribution < 1.29 is 40.6 Å². The Labute approximate surface area is 267 Å². The van der Waals surface area contributed by atoms with Gasteiger partial charge >= 0.3 is 0 Å². The van der Waals surface area contributed by atoms with Crippen LogP contribution in [0.2, 0.25) is 0 Å². The van der Waals surface area contributed by atoms with E-state index in [4.69, 9.17) is 14.2 Å². The Bertz CT molecular complexity index is 1480. The molecule has 2 aliphatic carbocycles. The Kier molecular flexibility index (Phi) is 11.6. The molecule has 3 aromatic rings. The molecule has 0 aromatic heterocycles. The van der Waals surface area contributed by atoms with Crippen LogP contribution in [0.15, 0.2) is 36.4 Å². The molecule has 0 bridgehead atoms. The quantitative estimate of drug-likeness (QED) is 0.145. The molecular formula is C37H42F6O3. The van der Waals surface area contributed by atoms with Crippen LogP contribution in [-0.2, 0) is 11.3 Å². The van der Waals surface area contributed by atoms with Gasteiger partial charge in [0.05, 0.1) is 25.9 Å². The highest BCUT2D eigenvalue weighted by Gasteiger charge is 2.33. The maximum atomic E-state index is 15.1. The van der Waals surface area contributed by atoms with Crippen molar-refractivity contribution in [3.63, 3.8) is 0 Å². The van der Waals surface area contributed by atoms with Gasteiger partial charge in [-0.3, -0.25) is 0 Å². The van der Waals surface area contributed by atoms with Gasteiger partial charge in [-0.2, -0.15) is 8.78 Å². The summed E-state index contributed by atoms with van der Waals surface area (Å²) in [6.45, 7) is 4.04. The lowest BCUT2D eigenvalue weighted by Crippen LogP contribution is -2.28. The Morgan fingerprint density at radius 1 is 0.587 bits per heavy atom. The van der Waals surface area contributed by atoms with Gasteiger partial charge in [-0.05, 0) is 106 Å². The summed E-state index contributed by atoms with van der Waals surface area (Å²) in [4.78, 5) is 0. The fourth-order valence-corrected chi connectivity index (χ4v) is 7.05. The minimum atomic E-state index is -1.29. The van der Waals surface area contributed by atoms with Gasteiger partial charge in [-0.15, -0.1) is 0 Å². The largest absolute Gasteiger partial charge is 0.491 e. The van der Waals surface area contributed by atoms with Gasteiger partial charge < -0.3 is 14.2 Å². The second-order valence-electron chi connectivity index (χ2n) is 12.5. The molecule has 0 spiro atoms. The van der Waals surface area contributed by atoms with Crippen molar-refractivity contribution in [1.29, 1.82) is 0 Å². The fourth-order valence-electron chi connectivity index (χ4n) is 7.05. The first-order valence-electron chi connectivity index (χ1n) is 16.5. The molecule has 0 N–H and O–H groups in total. The third-order valence-corrected chi connectivity index (χ3v) is 9.70. The van der Waals surface area contributed by atoms with Gasteiger partial charge in [-0.1, -0.05) is 31.5 Å². The summed E-state index contributed by atoms with van der Waals surface area (Å²) in [7, 11) is 0. The monoisotopic (exact) mass is 648 g/mol. The Morgan fingerprint density at radius 3 is 1.80 bits per heavy atom. The van der Waals surface area contributed by atoms with Gasteiger partial charge in [0, 0.05) is 16.7 Å². The first-order chi connectivity index (χ1) is 22.2. The van der Waals surface area contributed by atoms with Crippen LogP contribution in [0.5, 0.6) is 11.5 Å². The van der Waals surface area contributed by atoms with Crippen molar-refractivity contribution in [1.82, 2.24) is 0 Å². The van der Waals surface area contributed by atoms with Crippen LogP contribution >= 0.6 is 0 Å². The van der Waals surface area contributed by atoms with Crippen LogP contribution in [0.3, 0.4) is 0 Å². The zero-order valence-corrected chi connectivity index (χ0v) is 26.5. The molecule has 3 aromatic carbocycles. The summed E-state index contributed by atoms with van der Waals surface area (Å²) < 4.78 is 105. The molecule has 0 heterocycles. The minimum Gasteiger partial charge on any atom is -0.491 e. The number of hydrogen-bond donors (Lipinski definition) is 0. The molecular weight excluding hydrogens is 606 g/mol. The second kappa shape index (κ2) is 15.6. The van der Waals surface area contributed by atoms with Crippen LogP contribution in [0.4, 0.5) is 26.3 Å². The van der Waals surface area contributed by atoms with Crippen molar-refractivity contribution in [2.24, 2.45) is 11.8 Å². The summed E-state index contributed by atoms with van der Waals surface area (Å²) in [5, 5.41) is 0. The molecule has 0 aliphatic heterocycles. The molecule has 2 saturated carbocycles. The molecule has 5 rings (SSSR count). The Hall–Kier alpha value is -3.20. The molecule has 0 atom stereocenters. The van der Waals surface area contributed by atoms with Gasteiger partial charge in [-0.25, -0.2) is 17.6 Å². The van der Waals surface area contributed by atoms with Gasteiger partial charge in [0.15, 0.2) is 34.8 Å². The van der Waals surface area contributed by atoms with Crippen molar-refractivity contribution in [2.45, 2.75) is 96.7 Å². The SMILES string of the molecule is CCCCOc1ccc(-c2ccc(COC3CCC(C4CCC(c5ccc(OCC)c(F)c5F)CC4)CC3)c(F)c2F)c(F)c1F. The van der Waals surface area contributed by atoms with E-state index in [9.17, 15) is 17.6 Å². The molecule has 46 heavy (non-hydrogen) atoms. The lowest BCUT2D eigenvalue weighted by Gasteiger charge is -2.38. The number of halogens is 6. The number of ether oxygens (including phenoxy) is 3. The van der Waals surface area contributed by atoms with E-state index in [-0.39, 0.29) is 60.0 Å². The van der Waals surface area contributed by atoms with Crippen LogP contribution < -0.4 is 9.47 Å². The van der Waals surface area contributed by atoms with E-state index >= 15 is 8.78 Å². The average molecular weight is 649 g/mol. The number of unbranched alkanes of at least 4 members (excludes halogenated alkanes) is 1. The van der Waals surface area contributed by atoms with E-state index in [0.717, 1.165) is 57.8 Å². The van der Waals surface area contributed by atoms with E-state index < -0.39 is 34.9 Å². The highest BCUT2D eigenvalue weighted by molar-refractivity contribution is 5.66. The molecule has 250 valence electrons. The second-order valence-corrected chi connectivity index (χ2v) is 12.5. The van der Waals surface area contributed by atoms with Crippen molar-refractivity contribution >= 4 is 0 Å². The number of rotatable bonds is 12. The fraction of sp³-hybridized carbons (Fsp3) is 0.514. The first-order valence-corrected chi connectivity index (χ1v) is 16.5. The average Bonchev–Trinajstić information content (AvgIpc) is 3.07. The standard InChI is InChI=1S/C37H42F6O3/c1-3-5-20-45-31-19-17-29(35(41)37(31)43)28-15-12-25(32(38)34(28)40)21-46-26-13-10-23(11-14-26)22-6-8-24(9-7-22)27-16-18-30(44-4-2)36(42)33(27)39/h12,15-19,22-24,26H,3-11,13-14,20-21H2,1-2H3. The third-order valence-electron chi connectivity index (χ3n) is 9.70. The zero-order chi connectivity index (χ0) is 32.8. The maximum absolute atomic E-state index is 15.1. The van der Waals surface area contributed by atoms with Crippen molar-refractivity contribution in [3.8, 4) is 22.6 Å². The molecule has 0 amide bonds. The first kappa shape index (κ1) is 34.1. The highest BCUT2D eigenvalue weighted by Crippen LogP contribution is 2.44. The van der Waals surface area contributed by atoms with Gasteiger partial charge in [0.2, 0.25) is 11.6 Å². The lowest BCUT2D eigenvalue weighted by molar-refractivity contribution is -0.00322. The molecule has 2 fully saturated rings. The summed E-state index contributed by atoms with van der Waals surface area (Å²) in [5.41, 5.74) is -0.312. The highest BCUT2D eigenvalue weighted by atomic mass is 19.2. The van der Waals surface area contributed by atoms with Crippen molar-refractivity contribution in [2.75, 3.05) is 13.2 Å². The zero-order valence-electron chi connectivity index (χ0n) is 26.5. The molecule has 0 radical (unpaired) electrons. The Morgan fingerprint density at radius 2 is 1.15 bits per heavy atom. The normalized spacial score (nSPS) is 21.7. The summed E-state index contributed by atoms with van der Waals surface area (Å²) in [5.74, 6) is -5.96. The Balaban J connectivity index is 1.11. The van der Waals surface area contributed by atoms with Crippen LogP contribution in [-0.4, -0.2) is 19.3 Å². The van der Waals surface area contributed by atoms with Gasteiger partial charge in [0.25, 0.3) is 0 Å². The van der Waals surface area contributed by atoms with E-state index in [1.54, 1.807) is 13.0 Å². The number of benzene rings is 3. The summed E-state index contributed by atoms with van der Waals surface area (Å²) in [6.07, 6.45) is 8.40. The molecule has 0 unspecified atom stereocenters. The molecule has 3 nitrogen and oxygen atoms in total. The minimum absolute atomic E-state index is 0.0118. The summed E-state index contributed by atoms with van der Waals surface area (Å²) in [6, 6.07) is 8.18. The molecule has 9 heteroatoms. The number of hydrogen-bond acceptors (Lipinski definition) is 3. The van der Waals surface area contributed by atoms with E-state index in [1.165, 1.54) is 30.3 Å². The van der Waals surface area contributed by atoms with Crippen LogP contribution in [0.1, 0.15) is 95.1 Å². The van der Waals surface area contributed by atoms with E-state index in [0.29, 0.717) is 23.8 Å². The molecule has 2 aliphatic rings. The molecule has 0 saturated heterocycles. The van der Waals surface area contributed by atoms with Crippen LogP contribution in [0.25, 0.3) is 11.1 Å². The van der Waals surface area contributed by atoms with Gasteiger partial charge in [0.1, 0.15) is 0 Å². The van der Waals surface area contributed by atoms with Crippen molar-refractivity contribution in [3.05, 3.63) is 82.4 Å². The topological polar surface area (TPSA) is 27.7 Å². The predicted octanol–water partition coefficient (Wildman–Crippen LogP) is 10.8. The predicted molar refractivity (Wildman–Crippen MR) is 165 cm³/mol. The third kappa shape index (κ3) is 7.50.